The van der Waals surface area contributed by atoms with E-state index in [1.807, 2.05) is 62.4 Å². The average Bonchev–Trinajstić information content (AvgIpc) is 2.92. The van der Waals surface area contributed by atoms with E-state index in [0.717, 1.165) is 14.9 Å². The van der Waals surface area contributed by atoms with Gasteiger partial charge in [-0.15, -0.1) is 5.10 Å². The number of nitrogens with one attached hydrogen (secondary N) is 1. The van der Waals surface area contributed by atoms with Crippen molar-refractivity contribution in [2.45, 2.75) is 13.8 Å². The number of benzene rings is 2. The Morgan fingerprint density at radius 1 is 1.04 bits per heavy atom. The number of carbonyl (C=O) groups is 1. The Morgan fingerprint density at radius 2 is 1.70 bits per heavy atom. The van der Waals surface area contributed by atoms with Gasteiger partial charge < -0.3 is 5.32 Å². The van der Waals surface area contributed by atoms with Crippen LogP contribution in [0.15, 0.2) is 48.5 Å². The highest BCUT2D eigenvalue weighted by molar-refractivity contribution is 14.1. The van der Waals surface area contributed by atoms with E-state index in [-0.39, 0.29) is 5.91 Å². The number of halogens is 1. The fourth-order valence-corrected chi connectivity index (χ4v) is 2.55. The zero-order valence-corrected chi connectivity index (χ0v) is 14.9. The van der Waals surface area contributed by atoms with Crippen LogP contribution in [0.2, 0.25) is 0 Å². The van der Waals surface area contributed by atoms with Crippen molar-refractivity contribution < 1.29 is 4.79 Å². The van der Waals surface area contributed by atoms with Crippen molar-refractivity contribution in [3.8, 4) is 5.69 Å². The molecule has 3 aromatic rings. The van der Waals surface area contributed by atoms with Gasteiger partial charge in [-0.3, -0.25) is 4.79 Å². The van der Waals surface area contributed by atoms with Crippen LogP contribution in [0.4, 0.5) is 5.69 Å². The molecule has 116 valence electrons. The first-order valence-electron chi connectivity index (χ1n) is 7.11. The number of anilines is 1. The van der Waals surface area contributed by atoms with Crippen LogP contribution in [0.25, 0.3) is 5.69 Å². The van der Waals surface area contributed by atoms with Gasteiger partial charge >= 0.3 is 0 Å². The third kappa shape index (κ3) is 3.42. The summed E-state index contributed by atoms with van der Waals surface area (Å²) in [5.41, 5.74) is 3.82. The van der Waals surface area contributed by atoms with E-state index in [2.05, 4.69) is 38.2 Å². The molecule has 0 fully saturated rings. The molecule has 0 saturated heterocycles. The lowest BCUT2D eigenvalue weighted by atomic mass is 10.2. The largest absolute Gasteiger partial charge is 0.321 e. The van der Waals surface area contributed by atoms with Gasteiger partial charge in [0.2, 0.25) is 0 Å². The third-order valence-corrected chi connectivity index (χ3v) is 4.21. The number of amides is 1. The quantitative estimate of drug-likeness (QED) is 0.660. The van der Waals surface area contributed by atoms with Crippen LogP contribution in [-0.4, -0.2) is 20.9 Å². The molecule has 2 aromatic carbocycles. The van der Waals surface area contributed by atoms with Crippen LogP contribution in [0.1, 0.15) is 21.7 Å². The molecule has 0 spiro atoms. The summed E-state index contributed by atoms with van der Waals surface area (Å²) in [5.74, 6) is -0.262. The van der Waals surface area contributed by atoms with E-state index in [0.29, 0.717) is 11.4 Å². The van der Waals surface area contributed by atoms with Crippen LogP contribution in [0.3, 0.4) is 0 Å². The SMILES string of the molecule is Cc1ccc(-n2nnc(C(=O)Nc3ccc(I)cc3)c2C)cc1. The summed E-state index contributed by atoms with van der Waals surface area (Å²) in [6, 6.07) is 15.5. The monoisotopic (exact) mass is 418 g/mol. The minimum absolute atomic E-state index is 0.262. The number of nitrogens with zero attached hydrogens (tertiary/aromatic N) is 3. The smallest absolute Gasteiger partial charge is 0.278 e. The van der Waals surface area contributed by atoms with Gasteiger partial charge in [0.05, 0.1) is 11.4 Å². The Kier molecular flexibility index (Phi) is 4.42. The molecule has 0 aliphatic rings. The van der Waals surface area contributed by atoms with E-state index in [1.165, 1.54) is 5.56 Å². The number of rotatable bonds is 3. The maximum Gasteiger partial charge on any atom is 0.278 e. The Labute approximate surface area is 147 Å². The molecule has 0 bridgehead atoms. The second kappa shape index (κ2) is 6.49. The maximum absolute atomic E-state index is 12.4. The van der Waals surface area contributed by atoms with Gasteiger partial charge in [0.1, 0.15) is 0 Å². The van der Waals surface area contributed by atoms with Crippen molar-refractivity contribution in [3.63, 3.8) is 0 Å². The molecule has 1 N–H and O–H groups in total. The molecule has 0 radical (unpaired) electrons. The fraction of sp³-hybridized carbons (Fsp3) is 0.118. The van der Waals surface area contributed by atoms with E-state index in [1.54, 1.807) is 4.68 Å². The maximum atomic E-state index is 12.4. The summed E-state index contributed by atoms with van der Waals surface area (Å²) in [5, 5.41) is 11.0. The summed E-state index contributed by atoms with van der Waals surface area (Å²) in [6.45, 7) is 3.86. The molecule has 23 heavy (non-hydrogen) atoms. The molecule has 0 aliphatic heterocycles. The summed E-state index contributed by atoms with van der Waals surface area (Å²) in [4.78, 5) is 12.4. The van der Waals surface area contributed by atoms with Crippen LogP contribution < -0.4 is 5.32 Å². The van der Waals surface area contributed by atoms with Crippen molar-refractivity contribution in [2.24, 2.45) is 0 Å². The summed E-state index contributed by atoms with van der Waals surface area (Å²) >= 11 is 2.22. The molecule has 1 heterocycles. The second-order valence-electron chi connectivity index (χ2n) is 5.23. The topological polar surface area (TPSA) is 59.8 Å². The Morgan fingerprint density at radius 3 is 2.35 bits per heavy atom. The highest BCUT2D eigenvalue weighted by Gasteiger charge is 2.17. The van der Waals surface area contributed by atoms with Crippen molar-refractivity contribution >= 4 is 34.2 Å². The standard InChI is InChI=1S/C17H15IN4O/c1-11-3-9-15(10-4-11)22-12(2)16(20-21-22)17(23)19-14-7-5-13(18)6-8-14/h3-10H,1-2H3,(H,19,23). The van der Waals surface area contributed by atoms with Crippen LogP contribution in [0.5, 0.6) is 0 Å². The van der Waals surface area contributed by atoms with Gasteiger partial charge in [-0.2, -0.15) is 0 Å². The normalized spacial score (nSPS) is 10.6. The molecule has 1 aromatic heterocycles. The van der Waals surface area contributed by atoms with Gasteiger partial charge in [0.15, 0.2) is 5.69 Å². The molecular formula is C17H15IN4O. The highest BCUT2D eigenvalue weighted by Crippen LogP contribution is 2.16. The van der Waals surface area contributed by atoms with E-state index >= 15 is 0 Å². The fourth-order valence-electron chi connectivity index (χ4n) is 2.19. The van der Waals surface area contributed by atoms with E-state index in [9.17, 15) is 4.79 Å². The third-order valence-electron chi connectivity index (χ3n) is 3.49. The van der Waals surface area contributed by atoms with Crippen molar-refractivity contribution in [1.82, 2.24) is 15.0 Å². The molecular weight excluding hydrogens is 403 g/mol. The molecule has 0 atom stereocenters. The zero-order chi connectivity index (χ0) is 16.4. The molecule has 1 amide bonds. The molecule has 0 aliphatic carbocycles. The van der Waals surface area contributed by atoms with Crippen LogP contribution >= 0.6 is 22.6 Å². The number of hydrogen-bond acceptors (Lipinski definition) is 3. The van der Waals surface area contributed by atoms with Crippen LogP contribution in [-0.2, 0) is 0 Å². The first-order chi connectivity index (χ1) is 11.0. The highest BCUT2D eigenvalue weighted by atomic mass is 127. The van der Waals surface area contributed by atoms with Gasteiger partial charge in [0.25, 0.3) is 5.91 Å². The number of aryl methyl sites for hydroxylation is 1. The Hall–Kier alpha value is -2.22. The minimum Gasteiger partial charge on any atom is -0.321 e. The first kappa shape index (κ1) is 15.7. The Balaban J connectivity index is 1.85. The van der Waals surface area contributed by atoms with Gasteiger partial charge in [-0.1, -0.05) is 22.9 Å². The first-order valence-corrected chi connectivity index (χ1v) is 8.19. The van der Waals surface area contributed by atoms with Crippen LogP contribution in [0, 0.1) is 17.4 Å². The number of aromatic nitrogens is 3. The lowest BCUT2D eigenvalue weighted by molar-refractivity contribution is 0.102. The van der Waals surface area contributed by atoms with Crippen molar-refractivity contribution in [1.29, 1.82) is 0 Å². The van der Waals surface area contributed by atoms with E-state index in [4.69, 9.17) is 0 Å². The van der Waals surface area contributed by atoms with Crippen molar-refractivity contribution in [2.75, 3.05) is 5.32 Å². The number of hydrogen-bond donors (Lipinski definition) is 1. The zero-order valence-electron chi connectivity index (χ0n) is 12.7. The summed E-state index contributed by atoms with van der Waals surface area (Å²) in [6.07, 6.45) is 0. The average molecular weight is 418 g/mol. The predicted octanol–water partition coefficient (Wildman–Crippen LogP) is 3.74. The van der Waals surface area contributed by atoms with Crippen molar-refractivity contribution in [3.05, 3.63) is 69.1 Å². The Bertz CT molecular complexity index is 838. The van der Waals surface area contributed by atoms with Gasteiger partial charge in [0, 0.05) is 9.26 Å². The molecule has 0 unspecified atom stereocenters. The molecule has 3 rings (SSSR count). The minimum atomic E-state index is -0.262. The van der Waals surface area contributed by atoms with E-state index < -0.39 is 0 Å². The summed E-state index contributed by atoms with van der Waals surface area (Å²) < 4.78 is 2.78. The second-order valence-corrected chi connectivity index (χ2v) is 6.48. The lowest BCUT2D eigenvalue weighted by Crippen LogP contribution is -2.14. The molecule has 0 saturated carbocycles. The molecule has 5 nitrogen and oxygen atoms in total. The molecule has 6 heteroatoms. The lowest BCUT2D eigenvalue weighted by Gasteiger charge is -2.05. The van der Waals surface area contributed by atoms with Gasteiger partial charge in [-0.25, -0.2) is 4.68 Å². The van der Waals surface area contributed by atoms with Gasteiger partial charge in [-0.05, 0) is 72.8 Å². The predicted molar refractivity (Wildman–Crippen MR) is 97.9 cm³/mol. The number of carbonyl (C=O) groups excluding carboxylic acids is 1. The summed E-state index contributed by atoms with van der Waals surface area (Å²) in [7, 11) is 0.